The normalized spacial score (nSPS) is 15.2. The molecule has 0 saturated heterocycles. The molecule has 0 fully saturated rings. The van der Waals surface area contributed by atoms with Gasteiger partial charge in [0.05, 0.1) is 4.90 Å². The zero-order valence-corrected chi connectivity index (χ0v) is 7.34. The quantitative estimate of drug-likeness (QED) is 0.655. The van der Waals surface area contributed by atoms with E-state index < -0.39 is 0 Å². The highest BCUT2D eigenvalue weighted by Crippen LogP contribution is 2.27. The van der Waals surface area contributed by atoms with Gasteiger partial charge in [-0.15, -0.1) is 0 Å². The van der Waals surface area contributed by atoms with Gasteiger partial charge < -0.3 is 5.73 Å². The summed E-state index contributed by atoms with van der Waals surface area (Å²) in [6, 6.07) is 2.02. The van der Waals surface area contributed by atoms with Gasteiger partial charge >= 0.3 is 0 Å². The summed E-state index contributed by atoms with van der Waals surface area (Å²) < 4.78 is 4.26. The summed E-state index contributed by atoms with van der Waals surface area (Å²) in [6.07, 6.45) is 4.52. The Balaban J connectivity index is 2.31. The van der Waals surface area contributed by atoms with Crippen molar-refractivity contribution in [2.45, 2.75) is 11.3 Å². The lowest BCUT2D eigenvalue weighted by molar-refractivity contribution is 1.10. The van der Waals surface area contributed by atoms with Crippen molar-refractivity contribution in [1.29, 1.82) is 0 Å². The van der Waals surface area contributed by atoms with E-state index in [1.165, 1.54) is 17.5 Å². The fourth-order valence-electron chi connectivity index (χ4n) is 1.11. The second kappa shape index (κ2) is 3.25. The van der Waals surface area contributed by atoms with E-state index in [1.807, 2.05) is 12.3 Å². The molecule has 1 aromatic rings. The zero-order chi connectivity index (χ0) is 8.39. The molecule has 0 aliphatic carbocycles. The van der Waals surface area contributed by atoms with Crippen molar-refractivity contribution in [3.8, 4) is 0 Å². The van der Waals surface area contributed by atoms with E-state index in [1.54, 1.807) is 6.20 Å². The minimum absolute atomic E-state index is 0.550. The summed E-state index contributed by atoms with van der Waals surface area (Å²) in [4.78, 5) is 5.18. The molecule has 0 aromatic carbocycles. The monoisotopic (exact) mass is 179 g/mol. The van der Waals surface area contributed by atoms with Gasteiger partial charge in [0.25, 0.3) is 0 Å². The lowest BCUT2D eigenvalue weighted by Gasteiger charge is -2.12. The van der Waals surface area contributed by atoms with Gasteiger partial charge in [-0.05, 0) is 11.6 Å². The largest absolute Gasteiger partial charge is 0.325 e. The lowest BCUT2D eigenvalue weighted by Crippen LogP contribution is -2.18. The maximum atomic E-state index is 5.50. The highest BCUT2D eigenvalue weighted by Gasteiger charge is 2.11. The van der Waals surface area contributed by atoms with Crippen molar-refractivity contribution in [2.24, 2.45) is 10.1 Å². The highest BCUT2D eigenvalue weighted by molar-refractivity contribution is 7.98. The Kier molecular flexibility index (Phi) is 2.10. The van der Waals surface area contributed by atoms with Gasteiger partial charge in [-0.3, -0.25) is 4.98 Å². The first kappa shape index (κ1) is 7.76. The number of nitrogens with two attached hydrogens (primary N) is 1. The molecule has 0 atom stereocenters. The smallest absolute Gasteiger partial charge is 0.0524 e. The molecule has 0 bridgehead atoms. The van der Waals surface area contributed by atoms with Crippen LogP contribution in [0.25, 0.3) is 0 Å². The van der Waals surface area contributed by atoms with Gasteiger partial charge in [-0.25, -0.2) is 4.40 Å². The number of pyridine rings is 1. The molecule has 0 spiro atoms. The van der Waals surface area contributed by atoms with E-state index in [0.29, 0.717) is 6.54 Å². The van der Waals surface area contributed by atoms with Crippen LogP contribution in [0.1, 0.15) is 5.56 Å². The Labute approximate surface area is 75.2 Å². The van der Waals surface area contributed by atoms with Crippen molar-refractivity contribution >= 4 is 17.7 Å². The number of fused-ring (bicyclic) bond motifs is 1. The van der Waals surface area contributed by atoms with Gasteiger partial charge in [0.15, 0.2) is 0 Å². The fourth-order valence-corrected chi connectivity index (χ4v) is 1.84. The molecule has 0 radical (unpaired) electrons. The van der Waals surface area contributed by atoms with Crippen LogP contribution in [0.15, 0.2) is 27.8 Å². The molecule has 1 aliphatic heterocycles. The minimum Gasteiger partial charge on any atom is -0.325 e. The SMILES string of the molecule is NCC1=NSc2cnccc2C1. The molecule has 0 saturated carbocycles. The van der Waals surface area contributed by atoms with Crippen molar-refractivity contribution in [3.63, 3.8) is 0 Å². The molecule has 1 aliphatic rings. The summed E-state index contributed by atoms with van der Waals surface area (Å²) in [5.74, 6) is 0. The zero-order valence-electron chi connectivity index (χ0n) is 6.53. The molecule has 0 unspecified atom stereocenters. The summed E-state index contributed by atoms with van der Waals surface area (Å²) in [6.45, 7) is 0.550. The topological polar surface area (TPSA) is 51.3 Å². The van der Waals surface area contributed by atoms with Gasteiger partial charge in [0, 0.05) is 43.0 Å². The van der Waals surface area contributed by atoms with E-state index >= 15 is 0 Å². The second-order valence-corrected chi connectivity index (χ2v) is 3.42. The maximum Gasteiger partial charge on any atom is 0.0524 e. The number of rotatable bonds is 1. The highest BCUT2D eigenvalue weighted by atomic mass is 32.2. The van der Waals surface area contributed by atoms with Crippen LogP contribution in [0.2, 0.25) is 0 Å². The van der Waals surface area contributed by atoms with Crippen LogP contribution in [-0.4, -0.2) is 17.2 Å². The van der Waals surface area contributed by atoms with Crippen LogP contribution in [0, 0.1) is 0 Å². The molecule has 2 heterocycles. The first-order valence-corrected chi connectivity index (χ1v) is 4.53. The minimum atomic E-state index is 0.550. The first-order chi connectivity index (χ1) is 5.90. The molecular formula is C8H9N3S. The number of hydrogen-bond donors (Lipinski definition) is 1. The van der Waals surface area contributed by atoms with Crippen LogP contribution < -0.4 is 5.73 Å². The summed E-state index contributed by atoms with van der Waals surface area (Å²) >= 11 is 1.47. The Morgan fingerprint density at radius 2 is 2.50 bits per heavy atom. The summed E-state index contributed by atoms with van der Waals surface area (Å²) in [5, 5.41) is 0. The maximum absolute atomic E-state index is 5.50. The average Bonchev–Trinajstić information content (AvgIpc) is 2.17. The van der Waals surface area contributed by atoms with Crippen LogP contribution in [0.4, 0.5) is 0 Å². The molecule has 12 heavy (non-hydrogen) atoms. The third kappa shape index (κ3) is 1.35. The predicted octanol–water partition coefficient (Wildman–Crippen LogP) is 1.04. The Hall–Kier alpha value is -0.870. The summed E-state index contributed by atoms with van der Waals surface area (Å²) in [5.41, 5.74) is 7.84. The van der Waals surface area contributed by atoms with Gasteiger partial charge in [0.1, 0.15) is 0 Å². The van der Waals surface area contributed by atoms with Crippen molar-refractivity contribution in [2.75, 3.05) is 6.54 Å². The Morgan fingerprint density at radius 3 is 3.33 bits per heavy atom. The van der Waals surface area contributed by atoms with E-state index in [2.05, 4.69) is 9.38 Å². The molecule has 3 nitrogen and oxygen atoms in total. The Morgan fingerprint density at radius 1 is 1.58 bits per heavy atom. The molecule has 4 heteroatoms. The van der Waals surface area contributed by atoms with Crippen LogP contribution in [-0.2, 0) is 6.42 Å². The van der Waals surface area contributed by atoms with Crippen molar-refractivity contribution in [1.82, 2.24) is 4.98 Å². The number of nitrogens with zero attached hydrogens (tertiary/aromatic N) is 2. The standard InChI is InChI=1S/C8H9N3S/c9-4-7-3-6-1-2-10-5-8(6)12-11-7/h1-2,5H,3-4,9H2. The van der Waals surface area contributed by atoms with Gasteiger partial charge in [0.2, 0.25) is 0 Å². The number of hydrogen-bond acceptors (Lipinski definition) is 4. The molecule has 2 N–H and O–H groups in total. The predicted molar refractivity (Wildman–Crippen MR) is 50.3 cm³/mol. The van der Waals surface area contributed by atoms with E-state index in [4.69, 9.17) is 5.73 Å². The molecular weight excluding hydrogens is 170 g/mol. The van der Waals surface area contributed by atoms with Crippen LogP contribution >= 0.6 is 11.9 Å². The molecule has 2 rings (SSSR count). The first-order valence-electron chi connectivity index (χ1n) is 3.76. The van der Waals surface area contributed by atoms with E-state index in [0.717, 1.165) is 17.0 Å². The molecule has 0 amide bonds. The molecule has 62 valence electrons. The van der Waals surface area contributed by atoms with Crippen molar-refractivity contribution < 1.29 is 0 Å². The van der Waals surface area contributed by atoms with E-state index in [-0.39, 0.29) is 0 Å². The fraction of sp³-hybridized carbons (Fsp3) is 0.250. The summed E-state index contributed by atoms with van der Waals surface area (Å²) in [7, 11) is 0. The third-order valence-electron chi connectivity index (χ3n) is 1.77. The van der Waals surface area contributed by atoms with Gasteiger partial charge in [-0.1, -0.05) is 0 Å². The molecule has 1 aromatic heterocycles. The third-order valence-corrected chi connectivity index (χ3v) is 2.69. The van der Waals surface area contributed by atoms with Crippen LogP contribution in [0.5, 0.6) is 0 Å². The Bertz CT molecular complexity index is 322. The van der Waals surface area contributed by atoms with Gasteiger partial charge in [-0.2, -0.15) is 0 Å². The average molecular weight is 179 g/mol. The lowest BCUT2D eigenvalue weighted by atomic mass is 10.1. The second-order valence-electron chi connectivity index (χ2n) is 2.61. The van der Waals surface area contributed by atoms with E-state index in [9.17, 15) is 0 Å². The van der Waals surface area contributed by atoms with Crippen LogP contribution in [0.3, 0.4) is 0 Å². The van der Waals surface area contributed by atoms with Crippen molar-refractivity contribution in [3.05, 3.63) is 24.0 Å². The number of aromatic nitrogens is 1.